The number of hydrogen-bond donors (Lipinski definition) is 2. The second kappa shape index (κ2) is 4.15. The van der Waals surface area contributed by atoms with E-state index in [0.29, 0.717) is 5.70 Å². The molecule has 2 rings (SSSR count). The van der Waals surface area contributed by atoms with E-state index in [1.54, 1.807) is 18.2 Å². The average Bonchev–Trinajstić information content (AvgIpc) is 2.25. The van der Waals surface area contributed by atoms with Gasteiger partial charge in [-0.25, -0.2) is 0 Å². The Hall–Kier alpha value is -1.80. The van der Waals surface area contributed by atoms with E-state index in [4.69, 9.17) is 5.73 Å². The van der Waals surface area contributed by atoms with Crippen LogP contribution in [-0.4, -0.2) is 11.2 Å². The maximum Gasteiger partial charge on any atom is 0.0994 e. The summed E-state index contributed by atoms with van der Waals surface area (Å²) in [6.07, 6.45) is 6.57. The number of hydrogen-bond acceptors (Lipinski definition) is 2. The number of nitrogens with two attached hydrogens (primary N) is 1. The maximum atomic E-state index is 9.72. The van der Waals surface area contributed by atoms with Gasteiger partial charge in [0.05, 0.1) is 6.10 Å². The van der Waals surface area contributed by atoms with E-state index >= 15 is 0 Å². The highest BCUT2D eigenvalue weighted by atomic mass is 16.3. The molecule has 1 aromatic carbocycles. The van der Waals surface area contributed by atoms with Gasteiger partial charge in [0, 0.05) is 11.3 Å². The highest BCUT2D eigenvalue weighted by Crippen LogP contribution is 2.19. The Balaban J connectivity index is 2.35. The van der Waals surface area contributed by atoms with Gasteiger partial charge in [-0.05, 0) is 17.7 Å². The third-order valence-corrected chi connectivity index (χ3v) is 2.34. The summed E-state index contributed by atoms with van der Waals surface area (Å²) in [7, 11) is 0. The molecular formula is C13H13NO. The van der Waals surface area contributed by atoms with E-state index < -0.39 is 6.10 Å². The Kier molecular flexibility index (Phi) is 2.70. The minimum absolute atomic E-state index is 0.602. The summed E-state index contributed by atoms with van der Waals surface area (Å²) in [5.41, 5.74) is 8.21. The minimum Gasteiger partial charge on any atom is -0.398 e. The summed E-state index contributed by atoms with van der Waals surface area (Å²) in [5, 5.41) is 9.72. The van der Waals surface area contributed by atoms with Crippen LogP contribution in [0.15, 0.2) is 59.8 Å². The predicted molar refractivity (Wildman–Crippen MR) is 61.8 cm³/mol. The van der Waals surface area contributed by atoms with Gasteiger partial charge in [-0.15, -0.1) is 0 Å². The normalized spacial score (nSPS) is 22.9. The SMILES string of the molecule is NC1=CC=CC(O)C1=Cc1ccccc1. The quantitative estimate of drug-likeness (QED) is 0.725. The molecule has 76 valence electrons. The summed E-state index contributed by atoms with van der Waals surface area (Å²) in [4.78, 5) is 0. The van der Waals surface area contributed by atoms with Crippen molar-refractivity contribution >= 4 is 6.08 Å². The molecule has 0 heterocycles. The van der Waals surface area contributed by atoms with Crippen LogP contribution < -0.4 is 5.73 Å². The molecule has 2 heteroatoms. The Morgan fingerprint density at radius 1 is 1.20 bits per heavy atom. The topological polar surface area (TPSA) is 46.2 Å². The van der Waals surface area contributed by atoms with Crippen molar-refractivity contribution in [1.82, 2.24) is 0 Å². The van der Waals surface area contributed by atoms with Crippen LogP contribution in [0.4, 0.5) is 0 Å². The molecule has 0 aliphatic heterocycles. The first-order chi connectivity index (χ1) is 7.27. The zero-order valence-electron chi connectivity index (χ0n) is 8.30. The fourth-order valence-corrected chi connectivity index (χ4v) is 1.53. The van der Waals surface area contributed by atoms with Crippen LogP contribution in [-0.2, 0) is 0 Å². The molecule has 2 nitrogen and oxygen atoms in total. The van der Waals surface area contributed by atoms with Crippen LogP contribution in [0.5, 0.6) is 0 Å². The van der Waals surface area contributed by atoms with Crippen LogP contribution >= 0.6 is 0 Å². The van der Waals surface area contributed by atoms with E-state index in [1.807, 2.05) is 36.4 Å². The molecule has 0 aromatic heterocycles. The largest absolute Gasteiger partial charge is 0.398 e. The zero-order valence-corrected chi connectivity index (χ0v) is 8.30. The monoisotopic (exact) mass is 199 g/mol. The summed E-state index contributed by atoms with van der Waals surface area (Å²) >= 11 is 0. The van der Waals surface area contributed by atoms with Gasteiger partial charge in [-0.3, -0.25) is 0 Å². The number of aliphatic hydroxyl groups is 1. The highest BCUT2D eigenvalue weighted by Gasteiger charge is 2.12. The molecule has 1 atom stereocenters. The van der Waals surface area contributed by atoms with Crippen LogP contribution in [0.25, 0.3) is 6.08 Å². The van der Waals surface area contributed by atoms with E-state index in [2.05, 4.69) is 0 Å². The van der Waals surface area contributed by atoms with E-state index in [1.165, 1.54) is 0 Å². The number of benzene rings is 1. The van der Waals surface area contributed by atoms with Crippen LogP contribution in [0.2, 0.25) is 0 Å². The van der Waals surface area contributed by atoms with E-state index in [0.717, 1.165) is 11.1 Å². The first kappa shape index (κ1) is 9.74. The van der Waals surface area contributed by atoms with Crippen LogP contribution in [0.3, 0.4) is 0 Å². The fourth-order valence-electron chi connectivity index (χ4n) is 1.53. The molecule has 1 aromatic rings. The molecule has 15 heavy (non-hydrogen) atoms. The lowest BCUT2D eigenvalue weighted by molar-refractivity contribution is 0.261. The summed E-state index contributed by atoms with van der Waals surface area (Å²) in [6, 6.07) is 9.82. The Bertz CT molecular complexity index is 429. The first-order valence-corrected chi connectivity index (χ1v) is 4.86. The average molecular weight is 199 g/mol. The van der Waals surface area contributed by atoms with Gasteiger partial charge < -0.3 is 10.8 Å². The minimum atomic E-state index is -0.602. The van der Waals surface area contributed by atoms with Crippen molar-refractivity contribution < 1.29 is 5.11 Å². The lowest BCUT2D eigenvalue weighted by Gasteiger charge is -2.15. The van der Waals surface area contributed by atoms with Crippen LogP contribution in [0, 0.1) is 0 Å². The van der Waals surface area contributed by atoms with Gasteiger partial charge in [-0.1, -0.05) is 42.5 Å². The fraction of sp³-hybridized carbons (Fsp3) is 0.0769. The van der Waals surface area contributed by atoms with E-state index in [9.17, 15) is 5.11 Å². The van der Waals surface area contributed by atoms with Crippen molar-refractivity contribution in [3.63, 3.8) is 0 Å². The molecule has 1 aliphatic rings. The van der Waals surface area contributed by atoms with Crippen molar-refractivity contribution in [1.29, 1.82) is 0 Å². The molecule has 1 aliphatic carbocycles. The van der Waals surface area contributed by atoms with Gasteiger partial charge in [0.25, 0.3) is 0 Å². The zero-order chi connectivity index (χ0) is 10.7. The van der Waals surface area contributed by atoms with Crippen molar-refractivity contribution in [2.75, 3.05) is 0 Å². The van der Waals surface area contributed by atoms with Gasteiger partial charge in [0.15, 0.2) is 0 Å². The van der Waals surface area contributed by atoms with E-state index in [-0.39, 0.29) is 0 Å². The lowest BCUT2D eigenvalue weighted by atomic mass is 9.99. The molecule has 0 radical (unpaired) electrons. The van der Waals surface area contributed by atoms with Crippen molar-refractivity contribution in [3.05, 3.63) is 65.4 Å². The van der Waals surface area contributed by atoms with Crippen molar-refractivity contribution in [3.8, 4) is 0 Å². The molecule has 0 spiro atoms. The summed E-state index contributed by atoms with van der Waals surface area (Å²) in [6.45, 7) is 0. The molecular weight excluding hydrogens is 186 g/mol. The third kappa shape index (κ3) is 2.17. The maximum absolute atomic E-state index is 9.72. The van der Waals surface area contributed by atoms with Crippen molar-refractivity contribution in [2.45, 2.75) is 6.10 Å². The van der Waals surface area contributed by atoms with Crippen molar-refractivity contribution in [2.24, 2.45) is 5.73 Å². The second-order valence-electron chi connectivity index (χ2n) is 3.46. The first-order valence-electron chi connectivity index (χ1n) is 4.86. The van der Waals surface area contributed by atoms with Gasteiger partial charge in [-0.2, -0.15) is 0 Å². The molecule has 1 unspecified atom stereocenters. The van der Waals surface area contributed by atoms with Gasteiger partial charge in [0.1, 0.15) is 0 Å². The molecule has 0 fully saturated rings. The lowest BCUT2D eigenvalue weighted by Crippen LogP contribution is -2.16. The highest BCUT2D eigenvalue weighted by molar-refractivity contribution is 5.61. The van der Waals surface area contributed by atoms with Gasteiger partial charge in [0.2, 0.25) is 0 Å². The third-order valence-electron chi connectivity index (χ3n) is 2.34. The molecule has 3 N–H and O–H groups in total. The number of allylic oxidation sites excluding steroid dienone is 2. The standard InChI is InChI=1S/C13H13NO/c14-12-7-4-8-13(15)11(12)9-10-5-2-1-3-6-10/h1-9,13,15H,14H2. The predicted octanol–water partition coefficient (Wildman–Crippen LogP) is 1.84. The Morgan fingerprint density at radius 3 is 2.60 bits per heavy atom. The number of aliphatic hydroxyl groups excluding tert-OH is 1. The molecule has 0 saturated heterocycles. The smallest absolute Gasteiger partial charge is 0.0994 e. The number of rotatable bonds is 1. The van der Waals surface area contributed by atoms with Crippen LogP contribution in [0.1, 0.15) is 5.56 Å². The summed E-state index contributed by atoms with van der Waals surface area (Å²) < 4.78 is 0. The Morgan fingerprint density at radius 2 is 1.93 bits per heavy atom. The summed E-state index contributed by atoms with van der Waals surface area (Å²) in [5.74, 6) is 0. The molecule has 0 amide bonds. The molecule has 0 saturated carbocycles. The molecule has 0 bridgehead atoms. The van der Waals surface area contributed by atoms with Gasteiger partial charge >= 0.3 is 0 Å². The Labute approximate surface area is 89.0 Å². The second-order valence-corrected chi connectivity index (χ2v) is 3.46.